The van der Waals surface area contributed by atoms with Crippen LogP contribution in [0, 0.1) is 11.8 Å². The van der Waals surface area contributed by atoms with E-state index >= 15 is 0 Å². The lowest BCUT2D eigenvalue weighted by Crippen LogP contribution is -2.22. The van der Waals surface area contributed by atoms with Crippen LogP contribution >= 0.6 is 0 Å². The van der Waals surface area contributed by atoms with E-state index in [1.807, 2.05) is 13.8 Å². The van der Waals surface area contributed by atoms with Crippen LogP contribution in [0.15, 0.2) is 4.52 Å². The summed E-state index contributed by atoms with van der Waals surface area (Å²) in [7, 11) is 3.02. The number of ether oxygens (including phenoxy) is 2. The molecule has 118 valence electrons. The number of nitrogens with zero attached hydrogens (tertiary/aromatic N) is 2. The lowest BCUT2D eigenvalue weighted by Gasteiger charge is -2.17. The second-order valence-electron chi connectivity index (χ2n) is 5.94. The maximum absolute atomic E-state index is 12.1. The smallest absolute Gasteiger partial charge is 0.318 e. The highest BCUT2D eigenvalue weighted by atomic mass is 16.5. The third-order valence-electron chi connectivity index (χ3n) is 4.16. The molecule has 0 aromatic carbocycles. The van der Waals surface area contributed by atoms with Gasteiger partial charge in [-0.15, -0.1) is 0 Å². The number of rotatable bonds is 6. The van der Waals surface area contributed by atoms with Crippen LogP contribution in [0.4, 0.5) is 0 Å². The summed E-state index contributed by atoms with van der Waals surface area (Å²) < 4.78 is 15.7. The molecule has 6 nitrogen and oxygen atoms in total. The fourth-order valence-corrected chi connectivity index (χ4v) is 3.08. The maximum Gasteiger partial charge on any atom is 0.318 e. The molecule has 0 radical (unpaired) electrons. The summed E-state index contributed by atoms with van der Waals surface area (Å²) in [5, 5.41) is 4.00. The van der Waals surface area contributed by atoms with E-state index in [0.717, 1.165) is 25.7 Å². The van der Waals surface area contributed by atoms with Crippen LogP contribution in [0.3, 0.4) is 0 Å². The van der Waals surface area contributed by atoms with Gasteiger partial charge in [-0.1, -0.05) is 31.8 Å². The maximum atomic E-state index is 12.1. The molecule has 2 unspecified atom stereocenters. The first-order chi connectivity index (χ1) is 10.1. The van der Waals surface area contributed by atoms with E-state index in [9.17, 15) is 4.79 Å². The van der Waals surface area contributed by atoms with Crippen molar-refractivity contribution in [1.82, 2.24) is 10.1 Å². The van der Waals surface area contributed by atoms with Gasteiger partial charge in [0.25, 0.3) is 0 Å². The summed E-state index contributed by atoms with van der Waals surface area (Å²) in [6.45, 7) is 4.05. The first kappa shape index (κ1) is 15.9. The molecule has 1 aromatic rings. The molecular formula is C15H24N2O4. The van der Waals surface area contributed by atoms with Crippen molar-refractivity contribution in [2.45, 2.75) is 51.6 Å². The van der Waals surface area contributed by atoms with Crippen molar-refractivity contribution in [3.05, 3.63) is 11.7 Å². The van der Waals surface area contributed by atoms with Gasteiger partial charge in [0.1, 0.15) is 12.0 Å². The second kappa shape index (κ2) is 7.02. The molecule has 0 bridgehead atoms. The van der Waals surface area contributed by atoms with E-state index in [-0.39, 0.29) is 23.9 Å². The number of methoxy groups -OCH3 is 2. The molecular weight excluding hydrogens is 272 g/mol. The normalized spacial score (nSPS) is 18.9. The van der Waals surface area contributed by atoms with E-state index in [0.29, 0.717) is 11.7 Å². The number of carbonyl (C=O) groups is 1. The topological polar surface area (TPSA) is 74.5 Å². The van der Waals surface area contributed by atoms with Gasteiger partial charge in [0.2, 0.25) is 11.7 Å². The number of hydrogen-bond acceptors (Lipinski definition) is 6. The first-order valence-electron chi connectivity index (χ1n) is 7.52. The van der Waals surface area contributed by atoms with Gasteiger partial charge in [-0.25, -0.2) is 0 Å². The van der Waals surface area contributed by atoms with Crippen LogP contribution < -0.4 is 0 Å². The van der Waals surface area contributed by atoms with Gasteiger partial charge in [-0.05, 0) is 24.7 Å². The van der Waals surface area contributed by atoms with Crippen molar-refractivity contribution >= 4 is 5.97 Å². The molecule has 0 aliphatic heterocycles. The van der Waals surface area contributed by atoms with Gasteiger partial charge in [0.05, 0.1) is 7.11 Å². The van der Waals surface area contributed by atoms with E-state index in [2.05, 4.69) is 10.1 Å². The average molecular weight is 296 g/mol. The summed E-state index contributed by atoms with van der Waals surface area (Å²) in [5.41, 5.74) is 0. The summed E-state index contributed by atoms with van der Waals surface area (Å²) in [6, 6.07) is 0. The first-order valence-corrected chi connectivity index (χ1v) is 7.52. The molecule has 0 spiro atoms. The van der Waals surface area contributed by atoms with E-state index in [1.165, 1.54) is 7.11 Å². The Bertz CT molecular complexity index is 466. The van der Waals surface area contributed by atoms with Crippen LogP contribution in [-0.4, -0.2) is 30.3 Å². The second-order valence-corrected chi connectivity index (χ2v) is 5.94. The zero-order valence-corrected chi connectivity index (χ0v) is 13.2. The lowest BCUT2D eigenvalue weighted by molar-refractivity contribution is -0.144. The predicted octanol–water partition coefficient (Wildman–Crippen LogP) is 2.86. The Balaban J connectivity index is 2.24. The Labute approximate surface area is 125 Å². The molecule has 1 saturated carbocycles. The van der Waals surface area contributed by atoms with Gasteiger partial charge < -0.3 is 14.0 Å². The van der Waals surface area contributed by atoms with Crippen LogP contribution in [0.5, 0.6) is 0 Å². The summed E-state index contributed by atoms with van der Waals surface area (Å²) in [6.07, 6.45) is 4.02. The molecule has 1 fully saturated rings. The highest BCUT2D eigenvalue weighted by Gasteiger charge is 2.37. The number of aromatic nitrogens is 2. The van der Waals surface area contributed by atoms with Crippen molar-refractivity contribution in [2.24, 2.45) is 11.8 Å². The van der Waals surface area contributed by atoms with E-state index in [4.69, 9.17) is 14.0 Å². The molecule has 2 atom stereocenters. The minimum atomic E-state index is -0.455. The molecule has 1 heterocycles. The minimum Gasteiger partial charge on any atom is -0.468 e. The minimum absolute atomic E-state index is 0.225. The molecule has 1 aliphatic rings. The third kappa shape index (κ3) is 3.43. The van der Waals surface area contributed by atoms with Gasteiger partial charge >= 0.3 is 5.97 Å². The fourth-order valence-electron chi connectivity index (χ4n) is 3.08. The quantitative estimate of drug-likeness (QED) is 0.751. The van der Waals surface area contributed by atoms with Crippen LogP contribution in [0.1, 0.15) is 63.3 Å². The van der Waals surface area contributed by atoms with Gasteiger partial charge in [0.15, 0.2) is 0 Å². The Morgan fingerprint density at radius 3 is 2.48 bits per heavy atom. The lowest BCUT2D eigenvalue weighted by atomic mass is 9.90. The van der Waals surface area contributed by atoms with Crippen molar-refractivity contribution in [2.75, 3.05) is 14.2 Å². The molecule has 1 aliphatic carbocycles. The Kier molecular flexibility index (Phi) is 5.33. The molecule has 21 heavy (non-hydrogen) atoms. The molecule has 1 aromatic heterocycles. The van der Waals surface area contributed by atoms with E-state index < -0.39 is 5.92 Å². The van der Waals surface area contributed by atoms with Crippen LogP contribution in [0.25, 0.3) is 0 Å². The average Bonchev–Trinajstić information content (AvgIpc) is 3.12. The summed E-state index contributed by atoms with van der Waals surface area (Å²) in [5.74, 6) is 0.550. The zero-order valence-electron chi connectivity index (χ0n) is 13.2. The number of hydrogen-bond donors (Lipinski definition) is 0. The summed E-state index contributed by atoms with van der Waals surface area (Å²) >= 11 is 0. The molecule has 0 N–H and O–H groups in total. The number of esters is 1. The molecule has 6 heteroatoms. The Hall–Kier alpha value is -1.43. The highest BCUT2D eigenvalue weighted by Crippen LogP contribution is 2.38. The van der Waals surface area contributed by atoms with Crippen molar-refractivity contribution in [3.63, 3.8) is 0 Å². The standard InChI is InChI=1S/C15H24N2O4/c1-9(2)12(19-3)13-16-14(21-17-13)11(15(18)20-4)10-7-5-6-8-10/h9-12H,5-8H2,1-4H3. The van der Waals surface area contributed by atoms with Gasteiger partial charge in [0, 0.05) is 7.11 Å². The Morgan fingerprint density at radius 2 is 1.95 bits per heavy atom. The fraction of sp³-hybridized carbons (Fsp3) is 0.800. The number of carbonyl (C=O) groups excluding carboxylic acids is 1. The Morgan fingerprint density at radius 1 is 1.29 bits per heavy atom. The van der Waals surface area contributed by atoms with E-state index in [1.54, 1.807) is 7.11 Å². The van der Waals surface area contributed by atoms with Crippen molar-refractivity contribution in [1.29, 1.82) is 0 Å². The van der Waals surface area contributed by atoms with Gasteiger partial charge in [-0.2, -0.15) is 4.98 Å². The monoisotopic (exact) mass is 296 g/mol. The van der Waals surface area contributed by atoms with Crippen LogP contribution in [0.2, 0.25) is 0 Å². The molecule has 0 amide bonds. The van der Waals surface area contributed by atoms with Crippen LogP contribution in [-0.2, 0) is 14.3 Å². The SMILES string of the molecule is COC(=O)C(c1nc(C(OC)C(C)C)no1)C1CCCC1. The predicted molar refractivity (Wildman–Crippen MR) is 75.6 cm³/mol. The molecule has 2 rings (SSSR count). The third-order valence-corrected chi connectivity index (χ3v) is 4.16. The highest BCUT2D eigenvalue weighted by molar-refractivity contribution is 5.77. The molecule has 0 saturated heterocycles. The zero-order chi connectivity index (χ0) is 15.4. The largest absolute Gasteiger partial charge is 0.468 e. The van der Waals surface area contributed by atoms with Crippen molar-refractivity contribution in [3.8, 4) is 0 Å². The van der Waals surface area contributed by atoms with Gasteiger partial charge in [-0.3, -0.25) is 4.79 Å². The summed E-state index contributed by atoms with van der Waals surface area (Å²) in [4.78, 5) is 16.5. The van der Waals surface area contributed by atoms with Crippen molar-refractivity contribution < 1.29 is 18.8 Å².